The number of carbonyl (C=O) groups is 2. The van der Waals surface area contributed by atoms with Gasteiger partial charge in [0.25, 0.3) is 5.91 Å². The van der Waals surface area contributed by atoms with Crippen molar-refractivity contribution in [1.29, 1.82) is 0 Å². The molecule has 3 saturated heterocycles. The minimum absolute atomic E-state index is 0.0375. The largest absolute Gasteiger partial charge is 0.369 e. The first-order valence-electron chi connectivity index (χ1n) is 10.7. The Hall–Kier alpha value is -2.73. The van der Waals surface area contributed by atoms with Crippen molar-refractivity contribution >= 4 is 11.8 Å². The summed E-state index contributed by atoms with van der Waals surface area (Å²) in [6, 6.07) is 11.6. The summed E-state index contributed by atoms with van der Waals surface area (Å²) in [5, 5.41) is 3.13. The molecule has 156 valence electrons. The van der Waals surface area contributed by atoms with Gasteiger partial charge in [-0.05, 0) is 37.5 Å². The molecule has 1 aromatic heterocycles. The third-order valence-corrected chi connectivity index (χ3v) is 6.98. The van der Waals surface area contributed by atoms with Gasteiger partial charge in [-0.15, -0.1) is 0 Å². The summed E-state index contributed by atoms with van der Waals surface area (Å²) in [6.07, 6.45) is 5.88. The number of aryl methyl sites for hydroxylation is 1. The molecular weight excluding hydrogens is 378 g/mol. The van der Waals surface area contributed by atoms with E-state index in [0.29, 0.717) is 31.6 Å². The predicted molar refractivity (Wildman–Crippen MR) is 112 cm³/mol. The second-order valence-corrected chi connectivity index (χ2v) is 8.92. The van der Waals surface area contributed by atoms with Crippen LogP contribution in [0.2, 0.25) is 0 Å². The van der Waals surface area contributed by atoms with Crippen LogP contribution in [0.15, 0.2) is 48.8 Å². The van der Waals surface area contributed by atoms with E-state index in [-0.39, 0.29) is 35.4 Å². The molecule has 6 heteroatoms. The molecule has 3 aliphatic heterocycles. The number of likely N-dealkylation sites (tertiary alicyclic amines) is 1. The van der Waals surface area contributed by atoms with E-state index in [1.165, 1.54) is 0 Å². The van der Waals surface area contributed by atoms with Crippen LogP contribution in [-0.4, -0.2) is 53.0 Å². The van der Waals surface area contributed by atoms with E-state index >= 15 is 0 Å². The molecule has 6 nitrogen and oxygen atoms in total. The Balaban J connectivity index is 1.23. The van der Waals surface area contributed by atoms with Gasteiger partial charge in [0.05, 0.1) is 24.7 Å². The number of aromatic nitrogens is 1. The van der Waals surface area contributed by atoms with Gasteiger partial charge in [0.1, 0.15) is 0 Å². The van der Waals surface area contributed by atoms with Gasteiger partial charge in [0.2, 0.25) is 5.91 Å². The zero-order valence-electron chi connectivity index (χ0n) is 17.2. The van der Waals surface area contributed by atoms with E-state index in [1.807, 2.05) is 30.0 Å². The number of nitrogens with one attached hydrogen (secondary N) is 1. The first-order chi connectivity index (χ1) is 14.5. The van der Waals surface area contributed by atoms with E-state index < -0.39 is 0 Å². The first-order valence-corrected chi connectivity index (χ1v) is 10.7. The Bertz CT molecular complexity index is 963. The van der Waals surface area contributed by atoms with E-state index in [1.54, 1.807) is 24.5 Å². The normalized spacial score (nSPS) is 29.1. The third kappa shape index (κ3) is 3.39. The van der Waals surface area contributed by atoms with E-state index in [9.17, 15) is 9.59 Å². The molecule has 1 N–H and O–H groups in total. The molecule has 4 atom stereocenters. The number of rotatable bonds is 5. The van der Waals surface area contributed by atoms with Gasteiger partial charge in [-0.1, -0.05) is 29.8 Å². The van der Waals surface area contributed by atoms with Gasteiger partial charge in [-0.3, -0.25) is 14.6 Å². The second kappa shape index (κ2) is 7.51. The van der Waals surface area contributed by atoms with Crippen LogP contribution in [0.3, 0.4) is 0 Å². The highest BCUT2D eigenvalue weighted by Gasteiger charge is 2.63. The van der Waals surface area contributed by atoms with Gasteiger partial charge in [0.15, 0.2) is 0 Å². The van der Waals surface area contributed by atoms with E-state index in [0.717, 1.165) is 24.0 Å². The molecule has 30 heavy (non-hydrogen) atoms. The van der Waals surface area contributed by atoms with Gasteiger partial charge in [0, 0.05) is 42.9 Å². The highest BCUT2D eigenvalue weighted by atomic mass is 16.5. The molecule has 5 rings (SSSR count). The van der Waals surface area contributed by atoms with Gasteiger partial charge >= 0.3 is 0 Å². The lowest BCUT2D eigenvalue weighted by Gasteiger charge is -2.29. The molecule has 0 radical (unpaired) electrons. The summed E-state index contributed by atoms with van der Waals surface area (Å²) in [6.45, 7) is 3.98. The maximum Gasteiger partial charge on any atom is 0.254 e. The number of hydrogen-bond acceptors (Lipinski definition) is 4. The Labute approximate surface area is 176 Å². The number of benzene rings is 1. The lowest BCUT2D eigenvalue weighted by Crippen LogP contribution is -2.42. The number of amides is 2. The molecular formula is C24H27N3O3. The standard InChI is InChI=1S/C24H27N3O3/c1-16-3-2-4-17(11-16)12-22(28)26-13-19-20-14-27(15-24(20)8-5-21(19)30-24)23(29)18-6-9-25-10-7-18/h2-4,6-7,9-11,19-21H,5,8,12-15H2,1H3,(H,26,28)/t19-,20+,21+,24+/m0/s1. The van der Waals surface area contributed by atoms with Crippen LogP contribution in [0, 0.1) is 18.8 Å². The highest BCUT2D eigenvalue weighted by molar-refractivity contribution is 5.94. The Morgan fingerprint density at radius 2 is 2.10 bits per heavy atom. The van der Waals surface area contributed by atoms with Crippen molar-refractivity contribution in [2.45, 2.75) is 37.9 Å². The third-order valence-electron chi connectivity index (χ3n) is 6.98. The molecule has 4 heterocycles. The van der Waals surface area contributed by atoms with Crippen molar-refractivity contribution in [1.82, 2.24) is 15.2 Å². The lowest BCUT2D eigenvalue weighted by molar-refractivity contribution is -0.120. The first kappa shape index (κ1) is 19.2. The molecule has 1 spiro atoms. The Kier molecular flexibility index (Phi) is 4.82. The molecule has 0 aliphatic carbocycles. The van der Waals surface area contributed by atoms with Crippen molar-refractivity contribution in [3.8, 4) is 0 Å². The summed E-state index contributed by atoms with van der Waals surface area (Å²) in [5.74, 6) is 0.618. The average molecular weight is 405 g/mol. The van der Waals surface area contributed by atoms with Crippen LogP contribution in [0.4, 0.5) is 0 Å². The zero-order chi connectivity index (χ0) is 20.7. The molecule has 0 unspecified atom stereocenters. The van der Waals surface area contributed by atoms with Crippen molar-refractivity contribution in [2.75, 3.05) is 19.6 Å². The molecule has 1 aromatic carbocycles. The number of ether oxygens (including phenoxy) is 1. The quantitative estimate of drug-likeness (QED) is 0.829. The van der Waals surface area contributed by atoms with Crippen LogP contribution in [0.25, 0.3) is 0 Å². The summed E-state index contributed by atoms with van der Waals surface area (Å²) in [5.41, 5.74) is 2.62. The summed E-state index contributed by atoms with van der Waals surface area (Å²) in [4.78, 5) is 31.4. The van der Waals surface area contributed by atoms with Gasteiger partial charge < -0.3 is 15.0 Å². The minimum atomic E-state index is -0.237. The topological polar surface area (TPSA) is 71.5 Å². The van der Waals surface area contributed by atoms with Crippen LogP contribution < -0.4 is 5.32 Å². The van der Waals surface area contributed by atoms with Crippen LogP contribution >= 0.6 is 0 Å². The molecule has 2 bridgehead atoms. The van der Waals surface area contributed by atoms with Crippen molar-refractivity contribution in [2.24, 2.45) is 11.8 Å². The maximum absolute atomic E-state index is 12.9. The zero-order valence-corrected chi connectivity index (χ0v) is 17.2. The second-order valence-electron chi connectivity index (χ2n) is 8.92. The SMILES string of the molecule is Cc1cccc(CC(=O)NC[C@H]2[C@H]3CN(C(=O)c4ccncc4)C[C@]34CC[C@H]2O4)c1. The molecule has 0 saturated carbocycles. The summed E-state index contributed by atoms with van der Waals surface area (Å²) < 4.78 is 6.42. The fourth-order valence-corrected chi connectivity index (χ4v) is 5.60. The van der Waals surface area contributed by atoms with Crippen LogP contribution in [0.5, 0.6) is 0 Å². The van der Waals surface area contributed by atoms with Crippen molar-refractivity contribution < 1.29 is 14.3 Å². The van der Waals surface area contributed by atoms with Crippen molar-refractivity contribution in [3.63, 3.8) is 0 Å². The van der Waals surface area contributed by atoms with E-state index in [4.69, 9.17) is 4.74 Å². The number of pyridine rings is 1. The lowest BCUT2D eigenvalue weighted by atomic mass is 9.73. The minimum Gasteiger partial charge on any atom is -0.369 e. The smallest absolute Gasteiger partial charge is 0.254 e. The maximum atomic E-state index is 12.9. The average Bonchev–Trinajstić information content (AvgIpc) is 3.41. The Morgan fingerprint density at radius 1 is 1.27 bits per heavy atom. The van der Waals surface area contributed by atoms with Gasteiger partial charge in [-0.25, -0.2) is 0 Å². The van der Waals surface area contributed by atoms with E-state index in [2.05, 4.69) is 16.4 Å². The fraction of sp³-hybridized carbons (Fsp3) is 0.458. The molecule has 3 aliphatic rings. The van der Waals surface area contributed by atoms with Crippen LogP contribution in [0.1, 0.15) is 34.3 Å². The van der Waals surface area contributed by atoms with Gasteiger partial charge in [-0.2, -0.15) is 0 Å². The number of hydrogen-bond donors (Lipinski definition) is 1. The number of nitrogens with zero attached hydrogens (tertiary/aromatic N) is 2. The Morgan fingerprint density at radius 3 is 2.90 bits per heavy atom. The summed E-state index contributed by atoms with van der Waals surface area (Å²) >= 11 is 0. The fourth-order valence-electron chi connectivity index (χ4n) is 5.60. The molecule has 3 fully saturated rings. The van der Waals surface area contributed by atoms with Crippen molar-refractivity contribution in [3.05, 3.63) is 65.5 Å². The molecule has 2 amide bonds. The molecule has 2 aromatic rings. The number of fused-ring (bicyclic) bond motifs is 1. The van der Waals surface area contributed by atoms with Crippen LogP contribution in [-0.2, 0) is 16.0 Å². The monoisotopic (exact) mass is 405 g/mol. The summed E-state index contributed by atoms with van der Waals surface area (Å²) in [7, 11) is 0. The predicted octanol–water partition coefficient (Wildman–Crippen LogP) is 2.37. The highest BCUT2D eigenvalue weighted by Crippen LogP contribution is 2.54. The number of carbonyl (C=O) groups excluding carboxylic acids is 2.